The van der Waals surface area contributed by atoms with Crippen molar-refractivity contribution in [3.8, 4) is 11.5 Å². The largest absolute Gasteiger partial charge is 0.507 e. The summed E-state index contributed by atoms with van der Waals surface area (Å²) in [6.07, 6.45) is 1.91. The highest BCUT2D eigenvalue weighted by Gasteiger charge is 2.32. The van der Waals surface area contributed by atoms with Crippen molar-refractivity contribution in [3.05, 3.63) is 22.8 Å². The summed E-state index contributed by atoms with van der Waals surface area (Å²) in [5, 5.41) is 10.4. The van der Waals surface area contributed by atoms with Gasteiger partial charge in [0, 0.05) is 18.0 Å². The topological polar surface area (TPSA) is 49.8 Å². The van der Waals surface area contributed by atoms with Crippen LogP contribution in [0.1, 0.15) is 47.3 Å². The maximum Gasteiger partial charge on any atom is 0.167 e. The van der Waals surface area contributed by atoms with Crippen molar-refractivity contribution < 1.29 is 14.6 Å². The van der Waals surface area contributed by atoms with Gasteiger partial charge in [-0.2, -0.15) is 0 Å². The molecule has 19 heavy (non-hydrogen) atoms. The van der Waals surface area contributed by atoms with Crippen LogP contribution in [0.3, 0.4) is 0 Å². The lowest BCUT2D eigenvalue weighted by Gasteiger charge is -2.31. The van der Waals surface area contributed by atoms with Gasteiger partial charge in [-0.25, -0.2) is 0 Å². The normalized spacial score (nSPS) is 18.6. The zero-order valence-corrected chi connectivity index (χ0v) is 12.0. The monoisotopic (exact) mass is 263 g/mol. The lowest BCUT2D eigenvalue weighted by atomic mass is 9.83. The van der Waals surface area contributed by atoms with Crippen LogP contribution in [0.15, 0.2) is 6.07 Å². The van der Waals surface area contributed by atoms with E-state index in [4.69, 9.17) is 4.74 Å². The summed E-state index contributed by atoms with van der Waals surface area (Å²) < 4.78 is 5.36. The van der Waals surface area contributed by atoms with Crippen LogP contribution in [-0.2, 0) is 6.42 Å². The number of Topliss-reactive ketones (excluding diaryl/α,β-unsaturated/α-hetero) is 1. The number of methoxy groups -OCH3 is 1. The number of carbonyl (C=O) groups is 1. The van der Waals surface area contributed by atoms with E-state index in [-0.39, 0.29) is 17.6 Å². The number of phenols is 1. The van der Waals surface area contributed by atoms with Gasteiger partial charge in [-0.15, -0.1) is 0 Å². The first-order valence-electron chi connectivity index (χ1n) is 6.63. The van der Waals surface area contributed by atoms with Crippen molar-refractivity contribution in [2.45, 2.75) is 32.2 Å². The molecule has 0 unspecified atom stereocenters. The molecule has 0 fully saturated rings. The van der Waals surface area contributed by atoms with E-state index in [1.165, 1.54) is 0 Å². The Balaban J connectivity index is 2.69. The fourth-order valence-electron chi connectivity index (χ4n) is 2.87. The Kier molecular flexibility index (Phi) is 3.80. The second kappa shape index (κ2) is 5.21. The molecule has 1 aliphatic carbocycles. The Morgan fingerprint density at radius 1 is 1.47 bits per heavy atom. The van der Waals surface area contributed by atoms with Gasteiger partial charge >= 0.3 is 0 Å². The van der Waals surface area contributed by atoms with Gasteiger partial charge in [-0.3, -0.25) is 4.79 Å². The van der Waals surface area contributed by atoms with Crippen LogP contribution in [0.2, 0.25) is 0 Å². The lowest BCUT2D eigenvalue weighted by molar-refractivity contribution is 0.0945. The van der Waals surface area contributed by atoms with Crippen molar-refractivity contribution in [1.29, 1.82) is 0 Å². The number of ether oxygens (including phenoxy) is 1. The molecule has 1 aromatic rings. The fourth-order valence-corrected chi connectivity index (χ4v) is 2.87. The van der Waals surface area contributed by atoms with Gasteiger partial charge in [-0.05, 0) is 38.6 Å². The second-order valence-electron chi connectivity index (χ2n) is 5.17. The van der Waals surface area contributed by atoms with Gasteiger partial charge in [0.05, 0.1) is 12.7 Å². The number of hydrogen-bond donors (Lipinski definition) is 1. The number of rotatable bonds is 3. The minimum Gasteiger partial charge on any atom is -0.507 e. The van der Waals surface area contributed by atoms with E-state index in [9.17, 15) is 9.90 Å². The van der Waals surface area contributed by atoms with E-state index in [0.29, 0.717) is 29.7 Å². The molecule has 104 valence electrons. The summed E-state index contributed by atoms with van der Waals surface area (Å²) in [6.45, 7) is 1.95. The Hall–Kier alpha value is -1.55. The first kappa shape index (κ1) is 13.9. The van der Waals surface area contributed by atoms with Gasteiger partial charge in [0.2, 0.25) is 0 Å². The summed E-state index contributed by atoms with van der Waals surface area (Å²) >= 11 is 0. The number of ketones is 1. The van der Waals surface area contributed by atoms with Gasteiger partial charge in [0.25, 0.3) is 0 Å². The van der Waals surface area contributed by atoms with Crippen molar-refractivity contribution in [2.75, 3.05) is 21.2 Å². The highest BCUT2D eigenvalue weighted by Crippen LogP contribution is 2.43. The lowest BCUT2D eigenvalue weighted by Crippen LogP contribution is -2.27. The molecule has 0 radical (unpaired) electrons. The molecule has 4 nitrogen and oxygen atoms in total. The first-order chi connectivity index (χ1) is 9.01. The third-order valence-electron chi connectivity index (χ3n) is 3.87. The second-order valence-corrected chi connectivity index (χ2v) is 5.17. The highest BCUT2D eigenvalue weighted by molar-refractivity contribution is 6.02. The fraction of sp³-hybridized carbons (Fsp3) is 0.533. The number of benzene rings is 1. The molecular formula is C15H21NO3. The molecule has 0 spiro atoms. The number of nitrogens with zero attached hydrogens (tertiary/aromatic N) is 1. The number of carbonyl (C=O) groups excluding carboxylic acids is 1. The number of fused-ring (bicyclic) bond motifs is 1. The SMILES string of the molecule is CCc1c(OC)cc2c(c1O)C(=O)CC[C@@H]2N(C)C. The first-order valence-corrected chi connectivity index (χ1v) is 6.63. The van der Waals surface area contributed by atoms with Crippen LogP contribution in [0.4, 0.5) is 0 Å². The summed E-state index contributed by atoms with van der Waals surface area (Å²) in [7, 11) is 5.57. The molecule has 1 aliphatic rings. The Labute approximate surface area is 114 Å². The number of hydrogen-bond acceptors (Lipinski definition) is 4. The third kappa shape index (κ3) is 2.21. The standard InChI is InChI=1S/C15H21NO3/c1-5-9-13(19-4)8-10-11(16(2)3)6-7-12(17)14(10)15(9)18/h8,11,18H,5-7H2,1-4H3/t11-/m0/s1. The van der Waals surface area contributed by atoms with E-state index in [1.807, 2.05) is 27.1 Å². The average Bonchev–Trinajstić information content (AvgIpc) is 2.37. The molecule has 2 rings (SSSR count). The molecule has 0 bridgehead atoms. The van der Waals surface area contributed by atoms with Crippen molar-refractivity contribution in [2.24, 2.45) is 0 Å². The van der Waals surface area contributed by atoms with Crippen LogP contribution in [-0.4, -0.2) is 37.0 Å². The predicted molar refractivity (Wildman–Crippen MR) is 74.0 cm³/mol. The van der Waals surface area contributed by atoms with Crippen LogP contribution in [0, 0.1) is 0 Å². The van der Waals surface area contributed by atoms with Crippen LogP contribution in [0.5, 0.6) is 11.5 Å². The molecule has 1 N–H and O–H groups in total. The van der Waals surface area contributed by atoms with Crippen LogP contribution < -0.4 is 4.74 Å². The number of aromatic hydroxyl groups is 1. The van der Waals surface area contributed by atoms with Crippen LogP contribution >= 0.6 is 0 Å². The van der Waals surface area contributed by atoms with Crippen molar-refractivity contribution >= 4 is 5.78 Å². The maximum absolute atomic E-state index is 12.1. The van der Waals surface area contributed by atoms with E-state index in [1.54, 1.807) is 7.11 Å². The Morgan fingerprint density at radius 3 is 2.68 bits per heavy atom. The maximum atomic E-state index is 12.1. The molecule has 1 atom stereocenters. The molecule has 0 saturated carbocycles. The van der Waals surface area contributed by atoms with Gasteiger partial charge in [-0.1, -0.05) is 6.92 Å². The van der Waals surface area contributed by atoms with Crippen LogP contribution in [0.25, 0.3) is 0 Å². The van der Waals surface area contributed by atoms with Gasteiger partial charge in [0.15, 0.2) is 5.78 Å². The molecule has 0 aliphatic heterocycles. The van der Waals surface area contributed by atoms with Crippen molar-refractivity contribution in [1.82, 2.24) is 4.90 Å². The predicted octanol–water partition coefficient (Wildman–Crippen LogP) is 2.54. The van der Waals surface area contributed by atoms with E-state index < -0.39 is 0 Å². The molecule has 0 heterocycles. The van der Waals surface area contributed by atoms with E-state index >= 15 is 0 Å². The summed E-state index contributed by atoms with van der Waals surface area (Å²) in [5.41, 5.74) is 2.09. The summed E-state index contributed by atoms with van der Waals surface area (Å²) in [5.74, 6) is 0.802. The van der Waals surface area contributed by atoms with Crippen molar-refractivity contribution in [3.63, 3.8) is 0 Å². The van der Waals surface area contributed by atoms with Gasteiger partial charge < -0.3 is 14.7 Å². The van der Waals surface area contributed by atoms with Gasteiger partial charge in [0.1, 0.15) is 11.5 Å². The minimum absolute atomic E-state index is 0.0305. The van der Waals surface area contributed by atoms with E-state index in [0.717, 1.165) is 12.0 Å². The molecule has 0 amide bonds. The molecule has 4 heteroatoms. The van der Waals surface area contributed by atoms with E-state index in [2.05, 4.69) is 4.90 Å². The summed E-state index contributed by atoms with van der Waals surface area (Å²) in [6, 6.07) is 2.06. The number of phenolic OH excluding ortho intramolecular Hbond substituents is 1. The zero-order valence-electron chi connectivity index (χ0n) is 12.0. The minimum atomic E-state index is 0.0305. The molecular weight excluding hydrogens is 242 g/mol. The quantitative estimate of drug-likeness (QED) is 0.910. The Morgan fingerprint density at radius 2 is 2.16 bits per heavy atom. The Bertz CT molecular complexity index is 509. The summed E-state index contributed by atoms with van der Waals surface area (Å²) in [4.78, 5) is 14.2. The highest BCUT2D eigenvalue weighted by atomic mass is 16.5. The average molecular weight is 263 g/mol. The zero-order chi connectivity index (χ0) is 14.2. The molecule has 1 aromatic carbocycles. The smallest absolute Gasteiger partial charge is 0.167 e. The molecule has 0 aromatic heterocycles. The molecule has 0 saturated heterocycles. The third-order valence-corrected chi connectivity index (χ3v) is 3.87.